The van der Waals surface area contributed by atoms with Crippen LogP contribution in [0, 0.1) is 0 Å². The molecule has 1 amide bonds. The summed E-state index contributed by atoms with van der Waals surface area (Å²) in [7, 11) is 0. The number of piperazine rings is 1. The van der Waals surface area contributed by atoms with Crippen molar-refractivity contribution in [2.24, 2.45) is 4.99 Å². The van der Waals surface area contributed by atoms with Gasteiger partial charge in [-0.25, -0.2) is 4.79 Å². The summed E-state index contributed by atoms with van der Waals surface area (Å²) in [5.74, 6) is 1.85. The first-order valence-corrected chi connectivity index (χ1v) is 10.6. The fourth-order valence-electron chi connectivity index (χ4n) is 3.06. The number of carbonyl (C=O) groups is 1. The van der Waals surface area contributed by atoms with Crippen molar-refractivity contribution < 1.29 is 13.9 Å². The zero-order valence-electron chi connectivity index (χ0n) is 16.3. The first-order chi connectivity index (χ1) is 13.8. The van der Waals surface area contributed by atoms with Gasteiger partial charge < -0.3 is 24.3 Å². The van der Waals surface area contributed by atoms with Crippen LogP contribution in [0.15, 0.2) is 45.3 Å². The molecule has 1 aliphatic heterocycles. The number of thiophene rings is 1. The van der Waals surface area contributed by atoms with Crippen molar-refractivity contribution in [3.05, 3.63) is 46.5 Å². The molecule has 152 valence electrons. The highest BCUT2D eigenvalue weighted by atomic mass is 32.1. The number of nitrogens with one attached hydrogen (secondary N) is 1. The lowest BCUT2D eigenvalue weighted by Crippen LogP contribution is -2.54. The Bertz CT molecular complexity index is 723. The SMILES string of the molecule is CCOC(=O)N1CCN(C(=NCCc2cccs2)NCCc2ccco2)CC1. The fraction of sp³-hybridized carbons (Fsp3) is 0.500. The van der Waals surface area contributed by atoms with Gasteiger partial charge in [0.05, 0.1) is 12.9 Å². The number of rotatable bonds is 7. The molecule has 2 aromatic rings. The summed E-state index contributed by atoms with van der Waals surface area (Å²) in [5, 5.41) is 5.56. The van der Waals surface area contributed by atoms with Crippen LogP contribution in [0.5, 0.6) is 0 Å². The number of carbonyl (C=O) groups excluding carboxylic acids is 1. The molecule has 0 atom stereocenters. The Morgan fingerprint density at radius 2 is 2.04 bits per heavy atom. The van der Waals surface area contributed by atoms with E-state index in [2.05, 4.69) is 27.7 Å². The molecule has 28 heavy (non-hydrogen) atoms. The van der Waals surface area contributed by atoms with Crippen LogP contribution < -0.4 is 5.32 Å². The Hall–Kier alpha value is -2.48. The van der Waals surface area contributed by atoms with Crippen LogP contribution in [-0.2, 0) is 17.6 Å². The molecule has 1 N–H and O–H groups in total. The standard InChI is InChI=1S/C20H28N4O3S/c1-2-26-20(25)24-13-11-23(12-14-24)19(21-9-7-17-5-3-15-27-17)22-10-8-18-6-4-16-28-18/h3-6,15-16H,2,7-14H2,1H3,(H,21,22). The third-order valence-electron chi connectivity index (χ3n) is 4.54. The van der Waals surface area contributed by atoms with Crippen LogP contribution in [0.2, 0.25) is 0 Å². The number of amides is 1. The van der Waals surface area contributed by atoms with Gasteiger partial charge >= 0.3 is 6.09 Å². The van der Waals surface area contributed by atoms with Gasteiger partial charge in [0.2, 0.25) is 0 Å². The molecular weight excluding hydrogens is 376 g/mol. The number of nitrogens with zero attached hydrogens (tertiary/aromatic N) is 3. The third kappa shape index (κ3) is 6.02. The molecule has 0 bridgehead atoms. The number of hydrogen-bond acceptors (Lipinski definition) is 5. The van der Waals surface area contributed by atoms with Gasteiger partial charge in [0, 0.05) is 57.0 Å². The van der Waals surface area contributed by atoms with Gasteiger partial charge in [0.25, 0.3) is 0 Å². The summed E-state index contributed by atoms with van der Waals surface area (Å²) in [6.45, 7) is 6.49. The highest BCUT2D eigenvalue weighted by Gasteiger charge is 2.23. The van der Waals surface area contributed by atoms with Crippen LogP contribution >= 0.6 is 11.3 Å². The molecule has 3 rings (SSSR count). The van der Waals surface area contributed by atoms with E-state index in [-0.39, 0.29) is 6.09 Å². The Morgan fingerprint density at radius 1 is 1.21 bits per heavy atom. The summed E-state index contributed by atoms with van der Waals surface area (Å²) in [6.07, 6.45) is 3.20. The van der Waals surface area contributed by atoms with E-state index < -0.39 is 0 Å². The maximum atomic E-state index is 11.9. The van der Waals surface area contributed by atoms with Gasteiger partial charge in [-0.2, -0.15) is 0 Å². The second kappa shape index (κ2) is 10.8. The molecular formula is C20H28N4O3S. The number of ether oxygens (including phenoxy) is 1. The first-order valence-electron chi connectivity index (χ1n) is 9.76. The maximum absolute atomic E-state index is 11.9. The van der Waals surface area contributed by atoms with E-state index in [1.54, 1.807) is 22.5 Å². The Kier molecular flexibility index (Phi) is 7.78. The van der Waals surface area contributed by atoms with E-state index in [0.717, 1.165) is 50.7 Å². The number of hydrogen-bond donors (Lipinski definition) is 1. The van der Waals surface area contributed by atoms with Crippen LogP contribution in [-0.4, -0.2) is 67.7 Å². The lowest BCUT2D eigenvalue weighted by atomic mass is 10.3. The summed E-state index contributed by atoms with van der Waals surface area (Å²) in [5.41, 5.74) is 0. The second-order valence-corrected chi connectivity index (χ2v) is 7.50. The Balaban J connectivity index is 1.54. The minimum absolute atomic E-state index is 0.232. The number of furan rings is 1. The molecule has 0 unspecified atom stereocenters. The molecule has 1 aliphatic rings. The van der Waals surface area contributed by atoms with Crippen molar-refractivity contribution in [3.8, 4) is 0 Å². The van der Waals surface area contributed by atoms with Gasteiger partial charge in [0.1, 0.15) is 5.76 Å². The van der Waals surface area contributed by atoms with E-state index in [4.69, 9.17) is 14.1 Å². The largest absolute Gasteiger partial charge is 0.469 e. The third-order valence-corrected chi connectivity index (χ3v) is 5.48. The van der Waals surface area contributed by atoms with Crippen molar-refractivity contribution in [1.82, 2.24) is 15.1 Å². The van der Waals surface area contributed by atoms with Gasteiger partial charge in [0.15, 0.2) is 5.96 Å². The Morgan fingerprint density at radius 3 is 2.71 bits per heavy atom. The van der Waals surface area contributed by atoms with Crippen LogP contribution in [0.3, 0.4) is 0 Å². The molecule has 0 aromatic carbocycles. The molecule has 0 spiro atoms. The zero-order chi connectivity index (χ0) is 19.6. The fourth-order valence-corrected chi connectivity index (χ4v) is 3.76. The molecule has 0 saturated carbocycles. The summed E-state index contributed by atoms with van der Waals surface area (Å²) >= 11 is 1.76. The van der Waals surface area contributed by atoms with Crippen molar-refractivity contribution in [3.63, 3.8) is 0 Å². The highest BCUT2D eigenvalue weighted by molar-refractivity contribution is 7.09. The zero-order valence-corrected chi connectivity index (χ0v) is 17.1. The van der Waals surface area contributed by atoms with Crippen molar-refractivity contribution in [1.29, 1.82) is 0 Å². The lowest BCUT2D eigenvalue weighted by Gasteiger charge is -2.36. The molecule has 0 radical (unpaired) electrons. The molecule has 8 heteroatoms. The lowest BCUT2D eigenvalue weighted by molar-refractivity contribution is 0.0914. The molecule has 1 fully saturated rings. The quantitative estimate of drug-likeness (QED) is 0.568. The van der Waals surface area contributed by atoms with E-state index >= 15 is 0 Å². The van der Waals surface area contributed by atoms with Crippen molar-refractivity contribution >= 4 is 23.4 Å². The average molecular weight is 405 g/mol. The smallest absolute Gasteiger partial charge is 0.409 e. The van der Waals surface area contributed by atoms with E-state index in [9.17, 15) is 4.79 Å². The summed E-state index contributed by atoms with van der Waals surface area (Å²) in [4.78, 5) is 22.0. The van der Waals surface area contributed by atoms with E-state index in [1.807, 2.05) is 19.1 Å². The van der Waals surface area contributed by atoms with Gasteiger partial charge in [-0.15, -0.1) is 11.3 Å². The predicted molar refractivity (Wildman–Crippen MR) is 111 cm³/mol. The minimum Gasteiger partial charge on any atom is -0.469 e. The van der Waals surface area contributed by atoms with Crippen molar-refractivity contribution in [2.75, 3.05) is 45.9 Å². The van der Waals surface area contributed by atoms with Crippen molar-refractivity contribution in [2.45, 2.75) is 19.8 Å². The van der Waals surface area contributed by atoms with Crippen LogP contribution in [0.1, 0.15) is 17.6 Å². The highest BCUT2D eigenvalue weighted by Crippen LogP contribution is 2.10. The number of guanidine groups is 1. The second-order valence-electron chi connectivity index (χ2n) is 6.46. The molecule has 0 aliphatic carbocycles. The summed E-state index contributed by atoms with van der Waals surface area (Å²) in [6, 6.07) is 8.09. The normalized spacial score (nSPS) is 15.0. The predicted octanol–water partition coefficient (Wildman–Crippen LogP) is 2.85. The van der Waals surface area contributed by atoms with Crippen LogP contribution in [0.4, 0.5) is 4.79 Å². The molecule has 1 saturated heterocycles. The topological polar surface area (TPSA) is 70.3 Å². The number of aliphatic imine (C=N–C) groups is 1. The summed E-state index contributed by atoms with van der Waals surface area (Å²) < 4.78 is 10.5. The van der Waals surface area contributed by atoms with Gasteiger partial charge in [-0.3, -0.25) is 4.99 Å². The van der Waals surface area contributed by atoms with E-state index in [1.165, 1.54) is 4.88 Å². The van der Waals surface area contributed by atoms with Crippen LogP contribution in [0.25, 0.3) is 0 Å². The monoisotopic (exact) mass is 404 g/mol. The van der Waals surface area contributed by atoms with Gasteiger partial charge in [-0.05, 0) is 30.5 Å². The first kappa shape index (κ1) is 20.3. The minimum atomic E-state index is -0.232. The average Bonchev–Trinajstić information content (AvgIpc) is 3.41. The molecule has 2 aromatic heterocycles. The van der Waals surface area contributed by atoms with Gasteiger partial charge in [-0.1, -0.05) is 6.07 Å². The Labute approximate surface area is 170 Å². The van der Waals surface area contributed by atoms with E-state index in [0.29, 0.717) is 19.7 Å². The molecule has 7 nitrogen and oxygen atoms in total. The molecule has 3 heterocycles. The maximum Gasteiger partial charge on any atom is 0.409 e.